The number of rotatable bonds is 4. The lowest BCUT2D eigenvalue weighted by Crippen LogP contribution is -2.10. The number of nitrogens with zero attached hydrogens (tertiary/aromatic N) is 1. The van der Waals surface area contributed by atoms with Crippen molar-refractivity contribution in [2.24, 2.45) is 0 Å². The van der Waals surface area contributed by atoms with Gasteiger partial charge in [0.25, 0.3) is 0 Å². The predicted octanol–water partition coefficient (Wildman–Crippen LogP) is 4.55. The van der Waals surface area contributed by atoms with E-state index in [1.54, 1.807) is 0 Å². The molecule has 2 rings (SSSR count). The zero-order chi connectivity index (χ0) is 15.6. The van der Waals surface area contributed by atoms with E-state index in [0.717, 1.165) is 20.3 Å². The second kappa shape index (κ2) is 6.62. The average molecular weight is 412 g/mol. The Balaban J connectivity index is 2.36. The van der Waals surface area contributed by atoms with E-state index in [1.807, 2.05) is 62.4 Å². The highest BCUT2D eigenvalue weighted by Gasteiger charge is 2.13. The number of carbonyl (C=O) groups is 1. The number of benzene rings is 2. The first-order valence-corrected chi connectivity index (χ1v) is 8.01. The summed E-state index contributed by atoms with van der Waals surface area (Å²) >= 11 is 6.98. The molecular formula is C16H16Br2N2O. The van der Waals surface area contributed by atoms with Crippen LogP contribution in [-0.4, -0.2) is 26.9 Å². The molecule has 2 aromatic carbocycles. The van der Waals surface area contributed by atoms with Crippen molar-refractivity contribution < 1.29 is 4.79 Å². The molecule has 21 heavy (non-hydrogen) atoms. The van der Waals surface area contributed by atoms with Crippen molar-refractivity contribution in [2.75, 3.05) is 31.4 Å². The fraction of sp³-hybridized carbons (Fsp3) is 0.188. The van der Waals surface area contributed by atoms with Gasteiger partial charge in [0.15, 0.2) is 5.78 Å². The van der Waals surface area contributed by atoms with Gasteiger partial charge in [-0.25, -0.2) is 0 Å². The zero-order valence-electron chi connectivity index (χ0n) is 12.1. The molecule has 0 saturated heterocycles. The van der Waals surface area contributed by atoms with Crippen molar-refractivity contribution in [1.82, 2.24) is 0 Å². The van der Waals surface area contributed by atoms with Crippen LogP contribution >= 0.6 is 31.9 Å². The van der Waals surface area contributed by atoms with E-state index in [-0.39, 0.29) is 5.78 Å². The molecule has 0 aliphatic heterocycles. The zero-order valence-corrected chi connectivity index (χ0v) is 15.2. The number of nitrogens with one attached hydrogen (secondary N) is 1. The lowest BCUT2D eigenvalue weighted by molar-refractivity contribution is 0.103. The Bertz CT molecular complexity index is 684. The maximum Gasteiger partial charge on any atom is 0.193 e. The largest absolute Gasteiger partial charge is 0.387 e. The van der Waals surface area contributed by atoms with Crippen LogP contribution in [0.15, 0.2) is 45.3 Å². The number of ketones is 1. The molecule has 0 amide bonds. The Hall–Kier alpha value is -1.33. The van der Waals surface area contributed by atoms with Gasteiger partial charge < -0.3 is 10.2 Å². The van der Waals surface area contributed by atoms with E-state index < -0.39 is 0 Å². The maximum atomic E-state index is 12.6. The van der Waals surface area contributed by atoms with Crippen LogP contribution in [0.25, 0.3) is 0 Å². The summed E-state index contributed by atoms with van der Waals surface area (Å²) in [7, 11) is 5.78. The van der Waals surface area contributed by atoms with Gasteiger partial charge in [0.2, 0.25) is 0 Å². The third-order valence-electron chi connectivity index (χ3n) is 3.19. The molecule has 0 spiro atoms. The van der Waals surface area contributed by atoms with Gasteiger partial charge in [-0.2, -0.15) is 0 Å². The molecule has 3 nitrogen and oxygen atoms in total. The predicted molar refractivity (Wildman–Crippen MR) is 95.6 cm³/mol. The summed E-state index contributed by atoms with van der Waals surface area (Å²) in [6.07, 6.45) is 0. The first-order chi connectivity index (χ1) is 9.93. The SMILES string of the molecule is CNc1ccc(C(=O)c2ccc(N(C)C)c(Br)c2)cc1Br. The monoisotopic (exact) mass is 410 g/mol. The van der Waals surface area contributed by atoms with Gasteiger partial charge in [-0.05, 0) is 68.3 Å². The van der Waals surface area contributed by atoms with Gasteiger partial charge in [-0.15, -0.1) is 0 Å². The molecule has 0 bridgehead atoms. The maximum absolute atomic E-state index is 12.6. The molecule has 0 aliphatic rings. The molecule has 0 fully saturated rings. The summed E-state index contributed by atoms with van der Waals surface area (Å²) < 4.78 is 1.78. The Kier molecular flexibility index (Phi) is 5.06. The number of hydrogen-bond acceptors (Lipinski definition) is 3. The highest BCUT2D eigenvalue weighted by molar-refractivity contribution is 9.11. The normalized spacial score (nSPS) is 10.3. The van der Waals surface area contributed by atoms with Crippen LogP contribution < -0.4 is 10.2 Å². The van der Waals surface area contributed by atoms with Gasteiger partial charge >= 0.3 is 0 Å². The molecule has 0 aliphatic carbocycles. The van der Waals surface area contributed by atoms with Gasteiger partial charge in [0.05, 0.1) is 5.69 Å². The number of anilines is 2. The topological polar surface area (TPSA) is 32.3 Å². The summed E-state index contributed by atoms with van der Waals surface area (Å²) in [6.45, 7) is 0. The molecule has 1 N–H and O–H groups in total. The fourth-order valence-corrected chi connectivity index (χ4v) is 3.35. The van der Waals surface area contributed by atoms with Crippen molar-refractivity contribution in [2.45, 2.75) is 0 Å². The highest BCUT2D eigenvalue weighted by Crippen LogP contribution is 2.28. The quantitative estimate of drug-likeness (QED) is 0.749. The van der Waals surface area contributed by atoms with E-state index in [4.69, 9.17) is 0 Å². The molecule has 0 heterocycles. The fourth-order valence-electron chi connectivity index (χ4n) is 2.04. The highest BCUT2D eigenvalue weighted by atomic mass is 79.9. The molecule has 2 aromatic rings. The van der Waals surface area contributed by atoms with Crippen LogP contribution in [0.1, 0.15) is 15.9 Å². The number of halogens is 2. The first kappa shape index (κ1) is 16.0. The Morgan fingerprint density at radius 2 is 1.57 bits per heavy atom. The molecule has 0 aromatic heterocycles. The third kappa shape index (κ3) is 3.47. The number of hydrogen-bond donors (Lipinski definition) is 1. The average Bonchev–Trinajstić information content (AvgIpc) is 2.45. The Morgan fingerprint density at radius 1 is 1.00 bits per heavy atom. The molecule has 0 radical (unpaired) electrons. The van der Waals surface area contributed by atoms with Crippen LogP contribution in [0, 0.1) is 0 Å². The standard InChI is InChI=1S/C16H16Br2N2O/c1-19-14-6-4-10(8-12(14)17)16(21)11-5-7-15(20(2)3)13(18)9-11/h4-9,19H,1-3H3. The third-order valence-corrected chi connectivity index (χ3v) is 4.48. The Labute approximate surface area is 141 Å². The molecule has 0 unspecified atom stereocenters. The van der Waals surface area contributed by atoms with Crippen molar-refractivity contribution in [1.29, 1.82) is 0 Å². The van der Waals surface area contributed by atoms with E-state index in [9.17, 15) is 4.79 Å². The van der Waals surface area contributed by atoms with E-state index in [0.29, 0.717) is 11.1 Å². The van der Waals surface area contributed by atoms with Crippen molar-refractivity contribution in [3.8, 4) is 0 Å². The number of carbonyl (C=O) groups excluding carboxylic acids is 1. The minimum atomic E-state index is 0.00404. The summed E-state index contributed by atoms with van der Waals surface area (Å²) in [4.78, 5) is 14.6. The molecule has 0 saturated carbocycles. The lowest BCUT2D eigenvalue weighted by Gasteiger charge is -2.15. The van der Waals surface area contributed by atoms with Gasteiger partial charge in [-0.3, -0.25) is 4.79 Å². The van der Waals surface area contributed by atoms with Gasteiger partial charge in [0.1, 0.15) is 0 Å². The first-order valence-electron chi connectivity index (χ1n) is 6.43. The molecule has 0 atom stereocenters. The van der Waals surface area contributed by atoms with Crippen LogP contribution in [0.4, 0.5) is 11.4 Å². The van der Waals surface area contributed by atoms with Crippen LogP contribution in [0.5, 0.6) is 0 Å². The van der Waals surface area contributed by atoms with Gasteiger partial charge in [-0.1, -0.05) is 0 Å². The summed E-state index contributed by atoms with van der Waals surface area (Å²) in [6, 6.07) is 11.2. The van der Waals surface area contributed by atoms with Gasteiger partial charge in [0, 0.05) is 46.9 Å². The second-order valence-corrected chi connectivity index (χ2v) is 6.54. The van der Waals surface area contributed by atoms with Crippen molar-refractivity contribution in [3.63, 3.8) is 0 Å². The summed E-state index contributed by atoms with van der Waals surface area (Å²) in [5.41, 5.74) is 3.32. The van der Waals surface area contributed by atoms with Crippen molar-refractivity contribution >= 4 is 49.0 Å². The molecule has 5 heteroatoms. The van der Waals surface area contributed by atoms with Crippen molar-refractivity contribution in [3.05, 3.63) is 56.5 Å². The van der Waals surface area contributed by atoms with Crippen LogP contribution in [0.3, 0.4) is 0 Å². The smallest absolute Gasteiger partial charge is 0.193 e. The second-order valence-electron chi connectivity index (χ2n) is 4.83. The van der Waals surface area contributed by atoms with E-state index in [2.05, 4.69) is 37.2 Å². The summed E-state index contributed by atoms with van der Waals surface area (Å²) in [5.74, 6) is 0.00404. The van der Waals surface area contributed by atoms with Crippen LogP contribution in [0.2, 0.25) is 0 Å². The summed E-state index contributed by atoms with van der Waals surface area (Å²) in [5, 5.41) is 3.06. The van der Waals surface area contributed by atoms with E-state index >= 15 is 0 Å². The Morgan fingerprint density at radius 3 is 2.05 bits per heavy atom. The lowest BCUT2D eigenvalue weighted by atomic mass is 10.0. The molecular weight excluding hydrogens is 396 g/mol. The molecule has 110 valence electrons. The van der Waals surface area contributed by atoms with Crippen LogP contribution in [-0.2, 0) is 0 Å². The minimum Gasteiger partial charge on any atom is -0.387 e. The minimum absolute atomic E-state index is 0.00404. The van der Waals surface area contributed by atoms with E-state index in [1.165, 1.54) is 0 Å².